The second-order valence-corrected chi connectivity index (χ2v) is 8.64. The first-order valence-electron chi connectivity index (χ1n) is 10.3. The number of carbonyl (C=O) groups excluding carboxylic acids is 4. The second kappa shape index (κ2) is 6.79. The lowest BCUT2D eigenvalue weighted by Gasteiger charge is -2.37. The molecule has 7 heteroatoms. The van der Waals surface area contributed by atoms with E-state index in [-0.39, 0.29) is 41.3 Å². The molecule has 1 saturated heterocycles. The summed E-state index contributed by atoms with van der Waals surface area (Å²) in [7, 11) is 1.50. The normalized spacial score (nSPS) is 33.7. The molecule has 1 heterocycles. The first-order valence-corrected chi connectivity index (χ1v) is 10.3. The number of imide groups is 1. The van der Waals surface area contributed by atoms with Crippen LogP contribution in [0.3, 0.4) is 0 Å². The molecule has 1 aliphatic heterocycles. The molecule has 2 saturated carbocycles. The van der Waals surface area contributed by atoms with Crippen LogP contribution < -0.4 is 4.74 Å². The van der Waals surface area contributed by atoms with Crippen molar-refractivity contribution in [3.05, 3.63) is 42.0 Å². The average Bonchev–Trinajstić information content (AvgIpc) is 3.54. The fourth-order valence-corrected chi connectivity index (χ4v) is 5.60. The number of ketones is 1. The summed E-state index contributed by atoms with van der Waals surface area (Å²) in [4.78, 5) is 52.1. The van der Waals surface area contributed by atoms with Gasteiger partial charge >= 0.3 is 5.97 Å². The summed E-state index contributed by atoms with van der Waals surface area (Å²) in [6.07, 6.45) is 5.26. The summed E-state index contributed by atoms with van der Waals surface area (Å²) in [5, 5.41) is 0. The Balaban J connectivity index is 1.25. The van der Waals surface area contributed by atoms with Crippen molar-refractivity contribution >= 4 is 23.6 Å². The summed E-state index contributed by atoms with van der Waals surface area (Å²) >= 11 is 0. The zero-order valence-electron chi connectivity index (χ0n) is 16.8. The number of Topliss-reactive ketones (excluding diaryl/α,β-unsaturated/α-hetero) is 1. The molecule has 0 spiro atoms. The maximum atomic E-state index is 13.1. The molecule has 3 fully saturated rings. The minimum absolute atomic E-state index is 0.101. The van der Waals surface area contributed by atoms with Crippen molar-refractivity contribution in [2.75, 3.05) is 13.7 Å². The Morgan fingerprint density at radius 1 is 1.10 bits per heavy atom. The molecule has 6 rings (SSSR count). The van der Waals surface area contributed by atoms with E-state index in [0.717, 1.165) is 11.3 Å². The number of carbonyl (C=O) groups is 4. The highest BCUT2D eigenvalue weighted by molar-refractivity contribution is 6.09. The summed E-state index contributed by atoms with van der Waals surface area (Å²) in [5.41, 5.74) is 0.357. The Morgan fingerprint density at radius 2 is 1.73 bits per heavy atom. The van der Waals surface area contributed by atoms with E-state index < -0.39 is 18.6 Å². The molecule has 0 unspecified atom stereocenters. The number of esters is 1. The van der Waals surface area contributed by atoms with Crippen molar-refractivity contribution in [2.24, 2.45) is 35.5 Å². The monoisotopic (exact) mass is 409 g/mol. The minimum atomic E-state index is -1.05. The Bertz CT molecular complexity index is 948. The summed E-state index contributed by atoms with van der Waals surface area (Å²) in [6, 6.07) is 5.50. The van der Waals surface area contributed by atoms with Crippen LogP contribution in [0.4, 0.5) is 0 Å². The van der Waals surface area contributed by atoms with E-state index in [0.29, 0.717) is 23.1 Å². The lowest BCUT2D eigenvalue weighted by atomic mass is 9.63. The molecule has 0 aromatic heterocycles. The number of allylic oxidation sites excluding steroid dienone is 2. The van der Waals surface area contributed by atoms with Crippen LogP contribution in [0, 0.1) is 35.5 Å². The smallest absolute Gasteiger partial charge is 0.329 e. The molecule has 7 nitrogen and oxygen atoms in total. The molecule has 5 aliphatic rings. The van der Waals surface area contributed by atoms with Gasteiger partial charge in [0.25, 0.3) is 0 Å². The minimum Gasteiger partial charge on any atom is -0.497 e. The first kappa shape index (κ1) is 19.0. The zero-order chi connectivity index (χ0) is 21.2. The maximum absolute atomic E-state index is 13.1. The maximum Gasteiger partial charge on any atom is 0.329 e. The Kier molecular flexibility index (Phi) is 4.31. The molecule has 2 bridgehead atoms. The predicted octanol–water partition coefficient (Wildman–Crippen LogP) is 1.86. The number of rotatable bonds is 6. The fraction of sp³-hybridized carbons (Fsp3) is 0.478. The number of benzene rings is 1. The third kappa shape index (κ3) is 2.71. The van der Waals surface area contributed by atoms with Crippen molar-refractivity contribution in [1.82, 2.24) is 4.90 Å². The standard InChI is InChI=1S/C23H23NO6/c1-11(23(28)30-10-18(25)12-4-3-5-13(8-12)29-2)24-21(26)19-14-6-7-15(17-9-16(14)17)20(19)22(24)27/h3-8,11,14-17,19-20H,9-10H2,1-2H3/t11-,14-,15-,16-,17-,19+,20+/m1/s1. The van der Waals surface area contributed by atoms with Gasteiger partial charge in [0.15, 0.2) is 12.4 Å². The molecular weight excluding hydrogens is 386 g/mol. The van der Waals surface area contributed by atoms with Crippen LogP contribution >= 0.6 is 0 Å². The van der Waals surface area contributed by atoms with Crippen LogP contribution in [0.5, 0.6) is 5.75 Å². The number of ether oxygens (including phenoxy) is 2. The van der Waals surface area contributed by atoms with E-state index in [1.165, 1.54) is 14.0 Å². The number of nitrogens with zero attached hydrogens (tertiary/aromatic N) is 1. The van der Waals surface area contributed by atoms with Crippen LogP contribution in [-0.2, 0) is 19.1 Å². The molecule has 1 aromatic carbocycles. The van der Waals surface area contributed by atoms with Crippen LogP contribution in [0.2, 0.25) is 0 Å². The van der Waals surface area contributed by atoms with Gasteiger partial charge in [0, 0.05) is 5.56 Å². The van der Waals surface area contributed by atoms with E-state index in [1.54, 1.807) is 24.3 Å². The fourth-order valence-electron chi connectivity index (χ4n) is 5.60. The topological polar surface area (TPSA) is 90.0 Å². The first-order chi connectivity index (χ1) is 14.4. The number of likely N-dealkylation sites (tertiary alicyclic amines) is 1. The predicted molar refractivity (Wildman–Crippen MR) is 104 cm³/mol. The molecule has 30 heavy (non-hydrogen) atoms. The molecule has 1 aromatic rings. The number of hydrogen-bond donors (Lipinski definition) is 0. The SMILES string of the molecule is COc1cccc(C(=O)COC(=O)[C@@H](C)N2C(=O)[C@H]3[C@@H]4C=C[C@H]([C@H]5C[C@H]45)[C@@H]3C2=O)c1. The van der Waals surface area contributed by atoms with Gasteiger partial charge in [-0.05, 0) is 49.1 Å². The van der Waals surface area contributed by atoms with E-state index in [1.807, 2.05) is 0 Å². The molecule has 4 aliphatic carbocycles. The van der Waals surface area contributed by atoms with Gasteiger partial charge in [-0.2, -0.15) is 0 Å². The van der Waals surface area contributed by atoms with Crippen molar-refractivity contribution in [1.29, 1.82) is 0 Å². The summed E-state index contributed by atoms with van der Waals surface area (Å²) in [6.45, 7) is 1.03. The molecule has 0 radical (unpaired) electrons. The second-order valence-electron chi connectivity index (χ2n) is 8.64. The van der Waals surface area contributed by atoms with Gasteiger partial charge in [-0.3, -0.25) is 19.3 Å². The summed E-state index contributed by atoms with van der Waals surface area (Å²) in [5.74, 6) is -0.680. The highest BCUT2D eigenvalue weighted by atomic mass is 16.5. The number of methoxy groups -OCH3 is 1. The van der Waals surface area contributed by atoms with Crippen LogP contribution in [0.25, 0.3) is 0 Å². The quantitative estimate of drug-likeness (QED) is 0.308. The number of amides is 2. The van der Waals surface area contributed by atoms with Gasteiger partial charge in [0.05, 0.1) is 18.9 Å². The summed E-state index contributed by atoms with van der Waals surface area (Å²) < 4.78 is 10.3. The van der Waals surface area contributed by atoms with Crippen LogP contribution in [0.1, 0.15) is 23.7 Å². The highest BCUT2D eigenvalue weighted by Gasteiger charge is 2.67. The third-order valence-electron chi connectivity index (χ3n) is 7.16. The van der Waals surface area contributed by atoms with E-state index in [2.05, 4.69) is 12.2 Å². The molecule has 156 valence electrons. The zero-order valence-corrected chi connectivity index (χ0v) is 16.8. The van der Waals surface area contributed by atoms with E-state index in [4.69, 9.17) is 9.47 Å². The van der Waals surface area contributed by atoms with Crippen molar-refractivity contribution in [3.63, 3.8) is 0 Å². The van der Waals surface area contributed by atoms with Gasteiger partial charge in [-0.15, -0.1) is 0 Å². The van der Waals surface area contributed by atoms with Crippen LogP contribution in [0.15, 0.2) is 36.4 Å². The Hall–Kier alpha value is -2.96. The van der Waals surface area contributed by atoms with Gasteiger partial charge in [-0.25, -0.2) is 4.79 Å². The number of hydrogen-bond acceptors (Lipinski definition) is 6. The van der Waals surface area contributed by atoms with Gasteiger partial charge in [0.1, 0.15) is 11.8 Å². The van der Waals surface area contributed by atoms with Crippen LogP contribution in [-0.4, -0.2) is 48.2 Å². The van der Waals surface area contributed by atoms with Gasteiger partial charge < -0.3 is 9.47 Å². The molecule has 0 N–H and O–H groups in total. The van der Waals surface area contributed by atoms with Crippen molar-refractivity contribution in [2.45, 2.75) is 19.4 Å². The molecule has 2 amide bonds. The average molecular weight is 409 g/mol. The Morgan fingerprint density at radius 3 is 2.33 bits per heavy atom. The lowest BCUT2D eigenvalue weighted by molar-refractivity contribution is -0.157. The van der Waals surface area contributed by atoms with Crippen molar-refractivity contribution in [3.8, 4) is 5.75 Å². The molecule has 7 atom stereocenters. The third-order valence-corrected chi connectivity index (χ3v) is 7.16. The van der Waals surface area contributed by atoms with E-state index in [9.17, 15) is 19.2 Å². The van der Waals surface area contributed by atoms with Gasteiger partial charge in [0.2, 0.25) is 11.8 Å². The largest absolute Gasteiger partial charge is 0.497 e. The molecular formula is C23H23NO6. The lowest BCUT2D eigenvalue weighted by Crippen LogP contribution is -2.45. The van der Waals surface area contributed by atoms with E-state index >= 15 is 0 Å². The Labute approximate surface area is 174 Å². The van der Waals surface area contributed by atoms with Gasteiger partial charge in [-0.1, -0.05) is 24.3 Å². The highest BCUT2D eigenvalue weighted by Crippen LogP contribution is 2.65. The van der Waals surface area contributed by atoms with Crippen molar-refractivity contribution < 1.29 is 28.7 Å².